The van der Waals surface area contributed by atoms with Crippen molar-refractivity contribution in [3.05, 3.63) is 71.4 Å². The van der Waals surface area contributed by atoms with Crippen LogP contribution in [-0.4, -0.2) is 57.0 Å². The molecule has 0 aliphatic carbocycles. The number of aromatic nitrogens is 2. The lowest BCUT2D eigenvalue weighted by Gasteiger charge is -2.30. The highest BCUT2D eigenvalue weighted by atomic mass is 16.5. The van der Waals surface area contributed by atoms with E-state index in [4.69, 9.17) is 14.6 Å². The molecule has 2 aromatic heterocycles. The van der Waals surface area contributed by atoms with Gasteiger partial charge in [-0.25, -0.2) is 9.78 Å². The summed E-state index contributed by atoms with van der Waals surface area (Å²) in [6, 6.07) is 12.4. The van der Waals surface area contributed by atoms with Gasteiger partial charge in [0.2, 0.25) is 11.8 Å². The molecule has 0 unspecified atom stereocenters. The maximum Gasteiger partial charge on any atom is 0.337 e. The van der Waals surface area contributed by atoms with Gasteiger partial charge in [-0.05, 0) is 56.7 Å². The summed E-state index contributed by atoms with van der Waals surface area (Å²) in [6.45, 7) is 5.20. The zero-order valence-electron chi connectivity index (χ0n) is 19.2. The molecule has 3 heterocycles. The first-order valence-corrected chi connectivity index (χ1v) is 11.0. The third kappa shape index (κ3) is 5.91. The summed E-state index contributed by atoms with van der Waals surface area (Å²) < 4.78 is 11.5. The molecule has 1 aliphatic rings. The Morgan fingerprint density at radius 1 is 0.971 bits per heavy atom. The van der Waals surface area contributed by atoms with Crippen LogP contribution in [0, 0.1) is 0 Å². The second kappa shape index (κ2) is 10.2. The first-order valence-electron chi connectivity index (χ1n) is 11.0. The van der Waals surface area contributed by atoms with E-state index in [-0.39, 0.29) is 40.7 Å². The van der Waals surface area contributed by atoms with Crippen LogP contribution in [-0.2, 0) is 0 Å². The van der Waals surface area contributed by atoms with E-state index in [1.165, 1.54) is 24.3 Å². The molecule has 35 heavy (non-hydrogen) atoms. The Morgan fingerprint density at radius 2 is 1.66 bits per heavy atom. The molecule has 4 rings (SSSR count). The lowest BCUT2D eigenvalue weighted by molar-refractivity contribution is 0.0650. The monoisotopic (exact) mass is 476 g/mol. The fourth-order valence-electron chi connectivity index (χ4n) is 3.24. The molecule has 1 aromatic carbocycles. The van der Waals surface area contributed by atoms with Crippen molar-refractivity contribution >= 4 is 23.6 Å². The van der Waals surface area contributed by atoms with Crippen molar-refractivity contribution in [2.75, 3.05) is 18.4 Å². The number of nitrogens with zero attached hydrogens (tertiary/aromatic N) is 3. The lowest BCUT2D eigenvalue weighted by atomic mass is 10.1. The van der Waals surface area contributed by atoms with Gasteiger partial charge in [0.25, 0.3) is 11.8 Å². The van der Waals surface area contributed by atoms with Crippen LogP contribution in [0.4, 0.5) is 5.82 Å². The first kappa shape index (κ1) is 23.7. The van der Waals surface area contributed by atoms with Gasteiger partial charge >= 0.3 is 5.97 Å². The van der Waals surface area contributed by atoms with E-state index in [1.54, 1.807) is 29.2 Å². The van der Waals surface area contributed by atoms with Crippen LogP contribution >= 0.6 is 0 Å². The molecule has 3 aromatic rings. The maximum absolute atomic E-state index is 12.8. The van der Waals surface area contributed by atoms with E-state index < -0.39 is 11.9 Å². The molecule has 10 heteroatoms. The fourth-order valence-corrected chi connectivity index (χ4v) is 3.24. The van der Waals surface area contributed by atoms with Crippen molar-refractivity contribution in [2.24, 2.45) is 0 Å². The Morgan fingerprint density at radius 3 is 2.23 bits per heavy atom. The van der Waals surface area contributed by atoms with Crippen LogP contribution in [0.5, 0.6) is 17.5 Å². The van der Waals surface area contributed by atoms with E-state index in [9.17, 15) is 14.4 Å². The van der Waals surface area contributed by atoms with Crippen LogP contribution in [0.2, 0.25) is 0 Å². The quantitative estimate of drug-likeness (QED) is 0.501. The number of aromatic carboxylic acids is 1. The fraction of sp³-hybridized carbons (Fsp3) is 0.240. The SMILES string of the molecule is CC(C)Oc1cc(C(=O)Nc2ccc(C(=O)O)cn2)cc(Oc2ccc(C(=O)N3CCC3)cc2)n1. The minimum absolute atomic E-state index is 0.00723. The second-order valence-electron chi connectivity index (χ2n) is 8.16. The summed E-state index contributed by atoms with van der Waals surface area (Å²) in [5.74, 6) is -0.677. The van der Waals surface area contributed by atoms with Crippen molar-refractivity contribution in [1.82, 2.24) is 14.9 Å². The number of hydrogen-bond acceptors (Lipinski definition) is 7. The number of pyridine rings is 2. The zero-order chi connectivity index (χ0) is 24.9. The summed E-state index contributed by atoms with van der Waals surface area (Å²) in [4.78, 5) is 46.2. The van der Waals surface area contributed by atoms with Crippen LogP contribution in [0.15, 0.2) is 54.7 Å². The third-order valence-corrected chi connectivity index (χ3v) is 5.12. The highest BCUT2D eigenvalue weighted by Crippen LogP contribution is 2.26. The summed E-state index contributed by atoms with van der Waals surface area (Å²) in [5.41, 5.74) is 0.788. The van der Waals surface area contributed by atoms with Crippen molar-refractivity contribution in [3.8, 4) is 17.5 Å². The molecule has 2 N–H and O–H groups in total. The molecule has 0 bridgehead atoms. The van der Waals surface area contributed by atoms with Gasteiger partial charge in [0.1, 0.15) is 11.6 Å². The number of benzene rings is 1. The van der Waals surface area contributed by atoms with Crippen LogP contribution < -0.4 is 14.8 Å². The van der Waals surface area contributed by atoms with E-state index in [1.807, 2.05) is 13.8 Å². The molecule has 1 aliphatic heterocycles. The first-order chi connectivity index (χ1) is 16.8. The molecular formula is C25H24N4O6. The molecule has 2 amide bonds. The predicted octanol–water partition coefficient (Wildman–Crippen LogP) is 3.85. The van der Waals surface area contributed by atoms with E-state index in [0.29, 0.717) is 11.3 Å². The predicted molar refractivity (Wildman–Crippen MR) is 126 cm³/mol. The van der Waals surface area contributed by atoms with E-state index in [2.05, 4.69) is 15.3 Å². The molecule has 0 radical (unpaired) electrons. The average molecular weight is 476 g/mol. The Bertz CT molecular complexity index is 1240. The van der Waals surface area contributed by atoms with Gasteiger partial charge in [0.15, 0.2) is 0 Å². The molecule has 0 atom stereocenters. The Balaban J connectivity index is 1.52. The summed E-state index contributed by atoms with van der Waals surface area (Å²) in [6.07, 6.45) is 1.99. The zero-order valence-corrected chi connectivity index (χ0v) is 19.2. The number of amides is 2. The second-order valence-corrected chi connectivity index (χ2v) is 8.16. The van der Waals surface area contributed by atoms with Crippen molar-refractivity contribution in [3.63, 3.8) is 0 Å². The van der Waals surface area contributed by atoms with Gasteiger partial charge in [-0.2, -0.15) is 4.98 Å². The largest absolute Gasteiger partial charge is 0.478 e. The molecular weight excluding hydrogens is 452 g/mol. The minimum atomic E-state index is -1.11. The average Bonchev–Trinajstić information content (AvgIpc) is 2.78. The van der Waals surface area contributed by atoms with Gasteiger partial charge < -0.3 is 24.8 Å². The number of carbonyl (C=O) groups is 3. The Labute approximate surface area is 201 Å². The third-order valence-electron chi connectivity index (χ3n) is 5.12. The number of rotatable bonds is 8. The number of ether oxygens (including phenoxy) is 2. The molecule has 0 spiro atoms. The Hall–Kier alpha value is -4.47. The number of anilines is 1. The summed E-state index contributed by atoms with van der Waals surface area (Å²) in [5, 5.41) is 11.6. The topological polar surface area (TPSA) is 131 Å². The summed E-state index contributed by atoms with van der Waals surface area (Å²) >= 11 is 0. The highest BCUT2D eigenvalue weighted by Gasteiger charge is 2.21. The number of carboxylic acid groups (broad SMARTS) is 1. The van der Waals surface area contributed by atoms with Crippen LogP contribution in [0.3, 0.4) is 0 Å². The van der Waals surface area contributed by atoms with Gasteiger partial charge in [0, 0.05) is 37.0 Å². The molecule has 1 saturated heterocycles. The van der Waals surface area contributed by atoms with Crippen molar-refractivity contribution in [2.45, 2.75) is 26.4 Å². The molecule has 180 valence electrons. The number of nitrogens with one attached hydrogen (secondary N) is 1. The van der Waals surface area contributed by atoms with Crippen LogP contribution in [0.25, 0.3) is 0 Å². The van der Waals surface area contributed by atoms with Gasteiger partial charge in [-0.1, -0.05) is 0 Å². The standard InChI is InChI=1S/C25H24N4O6/c1-15(2)34-21-12-18(23(30)27-20-9-6-17(14-26-20)25(32)33)13-22(28-21)35-19-7-4-16(5-8-19)24(31)29-10-3-11-29/h4-9,12-15H,3,10-11H2,1-2H3,(H,32,33)(H,26,27,30). The Kier molecular flexibility index (Phi) is 6.91. The number of likely N-dealkylation sites (tertiary alicyclic amines) is 1. The number of carbonyl (C=O) groups excluding carboxylic acids is 2. The highest BCUT2D eigenvalue weighted by molar-refractivity contribution is 6.04. The number of hydrogen-bond donors (Lipinski definition) is 2. The lowest BCUT2D eigenvalue weighted by Crippen LogP contribution is -2.41. The maximum atomic E-state index is 12.8. The van der Waals surface area contributed by atoms with Gasteiger partial charge in [-0.15, -0.1) is 0 Å². The molecule has 1 fully saturated rings. The summed E-state index contributed by atoms with van der Waals surface area (Å²) in [7, 11) is 0. The molecule has 0 saturated carbocycles. The van der Waals surface area contributed by atoms with Gasteiger partial charge in [0.05, 0.1) is 17.2 Å². The minimum Gasteiger partial charge on any atom is -0.478 e. The number of carboxylic acids is 1. The van der Waals surface area contributed by atoms with E-state index in [0.717, 1.165) is 25.7 Å². The normalized spacial score (nSPS) is 12.6. The van der Waals surface area contributed by atoms with Crippen molar-refractivity contribution in [1.29, 1.82) is 0 Å². The smallest absolute Gasteiger partial charge is 0.337 e. The van der Waals surface area contributed by atoms with E-state index >= 15 is 0 Å². The van der Waals surface area contributed by atoms with Crippen molar-refractivity contribution < 1.29 is 29.0 Å². The van der Waals surface area contributed by atoms with Crippen LogP contribution in [0.1, 0.15) is 51.3 Å². The van der Waals surface area contributed by atoms with Gasteiger partial charge in [-0.3, -0.25) is 9.59 Å². The molecule has 10 nitrogen and oxygen atoms in total.